The predicted molar refractivity (Wildman–Crippen MR) is 528 cm³/mol. The van der Waals surface area contributed by atoms with E-state index in [-0.39, 0.29) is 0 Å². The number of pyridine rings is 3. The van der Waals surface area contributed by atoms with E-state index in [1.807, 2.05) is 36.9 Å². The van der Waals surface area contributed by atoms with Crippen LogP contribution in [-0.2, 0) is 16.2 Å². The average molecular weight is 1650 g/mol. The fraction of sp³-hybridized carbons (Fsp3) is 0.0246. The molecule has 6 aliphatic rings. The second-order valence-electron chi connectivity index (χ2n) is 36.2. The van der Waals surface area contributed by atoms with Crippen LogP contribution in [0.4, 0.5) is 0 Å². The van der Waals surface area contributed by atoms with Crippen LogP contribution in [0.25, 0.3) is 215 Å². The van der Waals surface area contributed by atoms with Crippen LogP contribution in [0.2, 0.25) is 0 Å². The Bertz CT molecular complexity index is 9520. The molecule has 3 spiro atoms. The van der Waals surface area contributed by atoms with E-state index < -0.39 is 16.2 Å². The third-order valence-electron chi connectivity index (χ3n) is 30.6. The topological polar surface area (TPSA) is 79.2 Å². The van der Waals surface area contributed by atoms with Crippen LogP contribution in [0.15, 0.2) is 413 Å². The first-order valence-corrected chi connectivity index (χ1v) is 45.0. The van der Waals surface area contributed by atoms with Crippen LogP contribution in [0.3, 0.4) is 0 Å². The Kier molecular flexibility index (Phi) is 13.2. The molecule has 10 heterocycles. The quantitative estimate of drug-likeness (QED) is 0.160. The highest BCUT2D eigenvalue weighted by molar-refractivity contribution is 6.20. The molecule has 18 aromatic carbocycles. The van der Waals surface area contributed by atoms with Crippen molar-refractivity contribution in [2.75, 3.05) is 0 Å². The van der Waals surface area contributed by atoms with Crippen molar-refractivity contribution in [2.24, 2.45) is 0 Å². The normalized spacial score (nSPS) is 15.7. The molecule has 596 valence electrons. The number of benzene rings is 18. The van der Waals surface area contributed by atoms with Crippen molar-refractivity contribution in [3.05, 3.63) is 480 Å². The minimum atomic E-state index is -0.772. The number of rotatable bonds is 5. The van der Waals surface area contributed by atoms with Gasteiger partial charge in [-0.1, -0.05) is 297 Å². The Hall–Kier alpha value is -17.1. The molecule has 7 aromatic heterocycles. The minimum Gasteiger partial charge on any atom is -0.309 e. The molecule has 2 atom stereocenters. The molecular weight excluding hydrogens is 1580 g/mol. The molecule has 0 radical (unpaired) electrons. The Morgan fingerprint density at radius 3 is 1.45 bits per heavy atom. The molecule has 3 aliphatic heterocycles. The van der Waals surface area contributed by atoms with Crippen LogP contribution in [0.1, 0.15) is 66.8 Å². The maximum atomic E-state index is 5.48. The first kappa shape index (κ1) is 69.3. The van der Waals surface area contributed by atoms with E-state index in [1.165, 1.54) is 155 Å². The van der Waals surface area contributed by atoms with Gasteiger partial charge in [-0.3, -0.25) is 15.0 Å². The summed E-state index contributed by atoms with van der Waals surface area (Å²) < 4.78 is 7.67. The Balaban J connectivity index is 0.602. The first-order valence-electron chi connectivity index (χ1n) is 45.0. The van der Waals surface area contributed by atoms with Gasteiger partial charge in [0, 0.05) is 95.3 Å². The van der Waals surface area contributed by atoms with E-state index >= 15 is 0 Å². The largest absolute Gasteiger partial charge is 0.309 e. The summed E-state index contributed by atoms with van der Waals surface area (Å²) in [6.45, 7) is 0. The molecule has 130 heavy (non-hydrogen) atoms. The summed E-state index contributed by atoms with van der Waals surface area (Å²) >= 11 is 0. The van der Waals surface area contributed by atoms with E-state index in [1.54, 1.807) is 0 Å². The fourth-order valence-electron chi connectivity index (χ4n) is 25.6. The van der Waals surface area contributed by atoms with Gasteiger partial charge in [0.25, 0.3) is 0 Å². The molecule has 3 aliphatic carbocycles. The fourth-order valence-corrected chi connectivity index (χ4v) is 25.6. The van der Waals surface area contributed by atoms with Crippen molar-refractivity contribution in [1.29, 1.82) is 0 Å². The van der Waals surface area contributed by atoms with E-state index in [2.05, 4.69) is 390 Å². The van der Waals surface area contributed by atoms with Crippen LogP contribution < -0.4 is 0 Å². The average Bonchev–Trinajstić information content (AvgIpc) is 1.50. The highest BCUT2D eigenvalue weighted by Gasteiger charge is 2.55. The zero-order valence-corrected chi connectivity index (χ0v) is 69.8. The predicted octanol–water partition coefficient (Wildman–Crippen LogP) is 28.9. The lowest BCUT2D eigenvalue weighted by molar-refractivity contribution is 0.747. The maximum absolute atomic E-state index is 5.48. The van der Waals surface area contributed by atoms with Gasteiger partial charge in [0.1, 0.15) is 0 Å². The molecule has 0 amide bonds. The van der Waals surface area contributed by atoms with Crippen LogP contribution in [-0.4, -0.2) is 38.6 Å². The lowest BCUT2D eigenvalue weighted by atomic mass is 9.64. The summed E-state index contributed by atoms with van der Waals surface area (Å²) in [7, 11) is 0. The zero-order chi connectivity index (χ0) is 84.3. The Morgan fingerprint density at radius 2 is 0.685 bits per heavy atom. The monoisotopic (exact) mass is 1640 g/mol. The second kappa shape index (κ2) is 24.7. The van der Waals surface area contributed by atoms with Crippen molar-refractivity contribution in [3.63, 3.8) is 0 Å². The van der Waals surface area contributed by atoms with E-state index in [4.69, 9.17) is 24.9 Å². The van der Waals surface area contributed by atoms with Crippen molar-refractivity contribution in [1.82, 2.24) is 38.6 Å². The molecule has 0 saturated heterocycles. The van der Waals surface area contributed by atoms with E-state index in [0.717, 1.165) is 121 Å². The number of nitrogens with zero attached hydrogens (tertiary/aromatic N) is 8. The van der Waals surface area contributed by atoms with Crippen LogP contribution in [0.5, 0.6) is 0 Å². The molecule has 0 saturated carbocycles. The number of hydrogen-bond donors (Lipinski definition) is 0. The van der Waals surface area contributed by atoms with Gasteiger partial charge in [0.15, 0.2) is 5.82 Å². The summed E-state index contributed by atoms with van der Waals surface area (Å²) in [6.07, 6.45) is 7.84. The highest BCUT2D eigenvalue weighted by Crippen LogP contribution is 2.67. The molecule has 0 fully saturated rings. The number of para-hydroxylation sites is 7. The summed E-state index contributed by atoms with van der Waals surface area (Å²) in [5.74, 6) is 0.714. The third-order valence-corrected chi connectivity index (χ3v) is 30.6. The Morgan fingerprint density at radius 1 is 0.208 bits per heavy atom. The molecule has 8 heteroatoms. The smallest absolute Gasteiger partial charge is 0.160 e. The molecule has 2 unspecified atom stereocenters. The molecular formula is C122H68N8. The lowest BCUT2D eigenvalue weighted by Gasteiger charge is -2.40. The van der Waals surface area contributed by atoms with E-state index in [0.29, 0.717) is 5.82 Å². The van der Waals surface area contributed by atoms with Crippen molar-refractivity contribution >= 4 is 109 Å². The van der Waals surface area contributed by atoms with Gasteiger partial charge in [-0.15, -0.1) is 0 Å². The maximum Gasteiger partial charge on any atom is 0.160 e. The van der Waals surface area contributed by atoms with Crippen molar-refractivity contribution in [2.45, 2.75) is 16.2 Å². The zero-order valence-electron chi connectivity index (χ0n) is 69.8. The second-order valence-corrected chi connectivity index (χ2v) is 36.2. The van der Waals surface area contributed by atoms with Gasteiger partial charge in [-0.2, -0.15) is 0 Å². The number of fused-ring (bicyclic) bond motifs is 41. The van der Waals surface area contributed by atoms with Gasteiger partial charge in [0.2, 0.25) is 0 Å². The minimum absolute atomic E-state index is 0.688. The van der Waals surface area contributed by atoms with Gasteiger partial charge < -0.3 is 13.7 Å². The third kappa shape index (κ3) is 8.42. The summed E-state index contributed by atoms with van der Waals surface area (Å²) in [6, 6.07) is 148. The van der Waals surface area contributed by atoms with Gasteiger partial charge in [-0.25, -0.2) is 9.97 Å². The molecule has 8 nitrogen and oxygen atoms in total. The lowest BCUT2D eigenvalue weighted by Crippen LogP contribution is -2.33. The van der Waals surface area contributed by atoms with Crippen molar-refractivity contribution < 1.29 is 0 Å². The van der Waals surface area contributed by atoms with E-state index in [9.17, 15) is 0 Å². The number of aromatic nitrogens is 8. The van der Waals surface area contributed by atoms with Gasteiger partial charge in [-0.05, 0) is 224 Å². The SMILES string of the molecule is c1ccc2c(c1)-c1ccccc1C21c2ccc(-c3cc4ccc5cccnc5c4cn3)cc2-n2c3ccccc3c3cc(-c4ccc5c(c4)C4(c6ccc(-c7ccc(-c8ccc9c(c8)C8(c%10ccccc%10-9)c9ccccc9-n9c%10cccc(-c%11ncc%12ccccc%12n%11)c%10c%10cccc8c%109)c8cccnc78)cc6-5)c5ccccc5-n5c6ccccc6c6cccc4c65)cc1c32. The first-order chi connectivity index (χ1) is 64.5. The molecule has 25 aromatic rings. The summed E-state index contributed by atoms with van der Waals surface area (Å²) in [4.78, 5) is 25.9. The molecule has 0 bridgehead atoms. The van der Waals surface area contributed by atoms with Gasteiger partial charge in [0.05, 0.1) is 88.7 Å². The van der Waals surface area contributed by atoms with Crippen molar-refractivity contribution in [3.8, 4) is 106 Å². The number of hydrogen-bond acceptors (Lipinski definition) is 5. The summed E-state index contributed by atoms with van der Waals surface area (Å²) in [5.41, 5.74) is 43.6. The highest BCUT2D eigenvalue weighted by atomic mass is 15.0. The standard InChI is InChI=1S/C122H68N8/c1-12-40-105-75(22-1)67-126-119(127-105)89-31-19-45-111-113(89)88-30-18-39-101-117(88)130(111)110-44-16-11-37-98(110)121(101)95-35-9-4-26-81(95)82-53-49-72(63-103(82)121)77-54-55-78(115-86(77)32-21-59-124-115)71-50-56-96-90(60-71)83-52-48-70(62-102(83)122(96)97-36-10-15-43-109(97)128-107-41-13-5-27-84(107)87-29-17-38-100(122)116(87)128)76-61-91-85-28-6-14-42-108(85)129-112-66-74(106-65-73-47-46-69-23-20-58-123-114(69)92(73)68-125-106)51-57-99(112)120(104(64-76)118(91)129)93-33-7-2-24-79(93)80-25-3-8-34-94(80)120/h1-68H. The van der Waals surface area contributed by atoms with Gasteiger partial charge >= 0.3 is 0 Å². The van der Waals surface area contributed by atoms with Crippen LogP contribution >= 0.6 is 0 Å². The Labute approximate surface area is 744 Å². The molecule has 0 N–H and O–H groups in total. The van der Waals surface area contributed by atoms with Crippen LogP contribution in [0, 0.1) is 0 Å². The summed E-state index contributed by atoms with van der Waals surface area (Å²) in [5, 5.41) is 12.6. The molecule has 31 rings (SSSR count).